The van der Waals surface area contributed by atoms with E-state index in [4.69, 9.17) is 0 Å². The number of para-hydroxylation sites is 1. The van der Waals surface area contributed by atoms with Crippen molar-refractivity contribution in [2.75, 3.05) is 16.8 Å². The Kier molecular flexibility index (Phi) is 5.50. The monoisotopic (exact) mass is 378 g/mol. The molecule has 0 fully saturated rings. The lowest BCUT2D eigenvalue weighted by Gasteiger charge is -2.22. The number of carbonyl (C=O) groups excluding carboxylic acids is 2. The SMILES string of the molecule is CC(=O)N(CC(=O)Nc1ccccc1F)c1ccc(Br)cc1C. The van der Waals surface area contributed by atoms with Gasteiger partial charge in [0.1, 0.15) is 12.4 Å². The van der Waals surface area contributed by atoms with Crippen molar-refractivity contribution < 1.29 is 14.0 Å². The van der Waals surface area contributed by atoms with Crippen LogP contribution in [0.2, 0.25) is 0 Å². The maximum atomic E-state index is 13.6. The Labute approximate surface area is 142 Å². The second-order valence-electron chi connectivity index (χ2n) is 5.06. The smallest absolute Gasteiger partial charge is 0.244 e. The van der Waals surface area contributed by atoms with Gasteiger partial charge >= 0.3 is 0 Å². The summed E-state index contributed by atoms with van der Waals surface area (Å²) >= 11 is 3.36. The average Bonchev–Trinajstić information content (AvgIpc) is 2.48. The second kappa shape index (κ2) is 7.37. The van der Waals surface area contributed by atoms with E-state index in [9.17, 15) is 14.0 Å². The minimum Gasteiger partial charge on any atom is -0.322 e. The second-order valence-corrected chi connectivity index (χ2v) is 5.98. The van der Waals surface area contributed by atoms with E-state index in [1.807, 2.05) is 13.0 Å². The average molecular weight is 379 g/mol. The molecule has 2 aromatic carbocycles. The summed E-state index contributed by atoms with van der Waals surface area (Å²) in [5.41, 5.74) is 1.59. The highest BCUT2D eigenvalue weighted by molar-refractivity contribution is 9.10. The first-order chi connectivity index (χ1) is 10.9. The van der Waals surface area contributed by atoms with Gasteiger partial charge in [-0.05, 0) is 42.8 Å². The number of benzene rings is 2. The molecule has 0 saturated carbocycles. The Morgan fingerprint density at radius 3 is 2.52 bits per heavy atom. The molecular formula is C17H16BrFN2O2. The van der Waals surface area contributed by atoms with Crippen molar-refractivity contribution in [3.05, 3.63) is 58.3 Å². The highest BCUT2D eigenvalue weighted by Gasteiger charge is 2.18. The Bertz CT molecular complexity index is 749. The predicted molar refractivity (Wildman–Crippen MR) is 91.9 cm³/mol. The van der Waals surface area contributed by atoms with E-state index in [-0.39, 0.29) is 18.1 Å². The summed E-state index contributed by atoms with van der Waals surface area (Å²) in [6, 6.07) is 11.3. The number of hydrogen-bond acceptors (Lipinski definition) is 2. The van der Waals surface area contributed by atoms with Crippen LogP contribution in [-0.4, -0.2) is 18.4 Å². The first-order valence-electron chi connectivity index (χ1n) is 6.97. The zero-order valence-electron chi connectivity index (χ0n) is 12.8. The summed E-state index contributed by atoms with van der Waals surface area (Å²) in [4.78, 5) is 25.4. The van der Waals surface area contributed by atoms with Crippen LogP contribution in [0.4, 0.5) is 15.8 Å². The maximum Gasteiger partial charge on any atom is 0.244 e. The summed E-state index contributed by atoms with van der Waals surface area (Å²) < 4.78 is 14.5. The zero-order valence-corrected chi connectivity index (χ0v) is 14.4. The molecule has 0 spiro atoms. The van der Waals surface area contributed by atoms with Crippen LogP contribution < -0.4 is 10.2 Å². The third-order valence-electron chi connectivity index (χ3n) is 3.28. The molecule has 6 heteroatoms. The number of halogens is 2. The van der Waals surface area contributed by atoms with E-state index in [1.165, 1.54) is 30.0 Å². The molecule has 0 saturated heterocycles. The van der Waals surface area contributed by atoms with Crippen LogP contribution in [0.5, 0.6) is 0 Å². The van der Waals surface area contributed by atoms with E-state index in [0.717, 1.165) is 10.0 Å². The van der Waals surface area contributed by atoms with Crippen molar-refractivity contribution in [1.29, 1.82) is 0 Å². The molecule has 0 unspecified atom stereocenters. The van der Waals surface area contributed by atoms with Crippen LogP contribution >= 0.6 is 15.9 Å². The molecule has 120 valence electrons. The third-order valence-corrected chi connectivity index (χ3v) is 3.77. The molecule has 2 aromatic rings. The minimum atomic E-state index is -0.518. The minimum absolute atomic E-state index is 0.0912. The van der Waals surface area contributed by atoms with Crippen molar-refractivity contribution in [2.45, 2.75) is 13.8 Å². The molecule has 0 atom stereocenters. The van der Waals surface area contributed by atoms with Crippen molar-refractivity contribution >= 4 is 39.1 Å². The van der Waals surface area contributed by atoms with Gasteiger partial charge in [-0.2, -0.15) is 0 Å². The lowest BCUT2D eigenvalue weighted by Crippen LogP contribution is -2.37. The molecule has 0 aliphatic carbocycles. The molecule has 23 heavy (non-hydrogen) atoms. The van der Waals surface area contributed by atoms with Crippen molar-refractivity contribution in [3.63, 3.8) is 0 Å². The van der Waals surface area contributed by atoms with Crippen LogP contribution in [0.1, 0.15) is 12.5 Å². The van der Waals surface area contributed by atoms with Crippen LogP contribution in [-0.2, 0) is 9.59 Å². The topological polar surface area (TPSA) is 49.4 Å². The van der Waals surface area contributed by atoms with Crippen LogP contribution in [0.15, 0.2) is 46.9 Å². The zero-order chi connectivity index (χ0) is 17.0. The molecule has 2 rings (SSSR count). The fourth-order valence-corrected chi connectivity index (χ4v) is 2.66. The molecule has 0 aliphatic heterocycles. The Hall–Kier alpha value is -2.21. The Balaban J connectivity index is 2.18. The summed E-state index contributed by atoms with van der Waals surface area (Å²) in [5.74, 6) is -1.25. The summed E-state index contributed by atoms with van der Waals surface area (Å²) in [7, 11) is 0. The van der Waals surface area contributed by atoms with Crippen molar-refractivity contribution in [1.82, 2.24) is 0 Å². The van der Waals surface area contributed by atoms with E-state index >= 15 is 0 Å². The van der Waals surface area contributed by atoms with Gasteiger partial charge in [0, 0.05) is 17.1 Å². The van der Waals surface area contributed by atoms with E-state index in [2.05, 4.69) is 21.2 Å². The van der Waals surface area contributed by atoms with Crippen molar-refractivity contribution in [3.8, 4) is 0 Å². The number of nitrogens with one attached hydrogen (secondary N) is 1. The van der Waals surface area contributed by atoms with E-state index < -0.39 is 11.7 Å². The maximum absolute atomic E-state index is 13.6. The van der Waals surface area contributed by atoms with Gasteiger partial charge in [-0.3, -0.25) is 9.59 Å². The first kappa shape index (κ1) is 17.1. The van der Waals surface area contributed by atoms with Gasteiger partial charge < -0.3 is 10.2 Å². The van der Waals surface area contributed by atoms with Crippen LogP contribution in [0, 0.1) is 12.7 Å². The Morgan fingerprint density at radius 1 is 1.22 bits per heavy atom. The summed E-state index contributed by atoms with van der Waals surface area (Å²) in [6.45, 7) is 3.05. The van der Waals surface area contributed by atoms with Gasteiger partial charge in [-0.15, -0.1) is 0 Å². The molecule has 4 nitrogen and oxygen atoms in total. The molecular weight excluding hydrogens is 363 g/mol. The molecule has 0 aliphatic rings. The molecule has 0 bridgehead atoms. The normalized spacial score (nSPS) is 10.3. The van der Waals surface area contributed by atoms with E-state index in [0.29, 0.717) is 5.69 Å². The van der Waals surface area contributed by atoms with Gasteiger partial charge in [0.05, 0.1) is 5.69 Å². The molecule has 1 N–H and O–H groups in total. The highest BCUT2D eigenvalue weighted by atomic mass is 79.9. The largest absolute Gasteiger partial charge is 0.322 e. The highest BCUT2D eigenvalue weighted by Crippen LogP contribution is 2.24. The quantitative estimate of drug-likeness (QED) is 0.877. The van der Waals surface area contributed by atoms with Crippen LogP contribution in [0.3, 0.4) is 0 Å². The lowest BCUT2D eigenvalue weighted by molar-refractivity contribution is -0.120. The number of nitrogens with zero attached hydrogens (tertiary/aromatic N) is 1. The molecule has 0 aromatic heterocycles. The van der Waals surface area contributed by atoms with Gasteiger partial charge in [0.15, 0.2) is 0 Å². The van der Waals surface area contributed by atoms with Gasteiger partial charge in [-0.25, -0.2) is 4.39 Å². The number of anilines is 2. The molecule has 0 radical (unpaired) electrons. The number of rotatable bonds is 4. The number of hydrogen-bond donors (Lipinski definition) is 1. The van der Waals surface area contributed by atoms with Crippen molar-refractivity contribution in [2.24, 2.45) is 0 Å². The van der Waals surface area contributed by atoms with Gasteiger partial charge in [0.25, 0.3) is 0 Å². The standard InChI is InChI=1S/C17H16BrFN2O2/c1-11-9-13(18)7-8-16(11)21(12(2)22)10-17(23)20-15-6-4-3-5-14(15)19/h3-9H,10H2,1-2H3,(H,20,23). The number of aryl methyl sites for hydroxylation is 1. The summed E-state index contributed by atoms with van der Waals surface area (Å²) in [5, 5.41) is 2.48. The van der Waals surface area contributed by atoms with Gasteiger partial charge in [0.2, 0.25) is 11.8 Å². The number of carbonyl (C=O) groups is 2. The predicted octanol–water partition coefficient (Wildman–Crippen LogP) is 3.89. The number of amides is 2. The third kappa shape index (κ3) is 4.39. The molecule has 0 heterocycles. The first-order valence-corrected chi connectivity index (χ1v) is 7.76. The van der Waals surface area contributed by atoms with Gasteiger partial charge in [-0.1, -0.05) is 28.1 Å². The van der Waals surface area contributed by atoms with Crippen LogP contribution in [0.25, 0.3) is 0 Å². The fourth-order valence-electron chi connectivity index (χ4n) is 2.18. The lowest BCUT2D eigenvalue weighted by atomic mass is 10.2. The molecule has 2 amide bonds. The summed E-state index contributed by atoms with van der Waals surface area (Å²) in [6.07, 6.45) is 0. The van der Waals surface area contributed by atoms with E-state index in [1.54, 1.807) is 18.2 Å². The fraction of sp³-hybridized carbons (Fsp3) is 0.176. The Morgan fingerprint density at radius 2 is 1.91 bits per heavy atom.